The van der Waals surface area contributed by atoms with Crippen LogP contribution in [0.2, 0.25) is 0 Å². The molecular weight excluding hydrogens is 240 g/mol. The molecule has 3 aromatic rings. The second kappa shape index (κ2) is 4.35. The summed E-state index contributed by atoms with van der Waals surface area (Å²) in [4.78, 5) is 10.4. The first-order valence-corrected chi connectivity index (χ1v) is 6.01. The van der Waals surface area contributed by atoms with E-state index < -0.39 is 0 Å². The van der Waals surface area contributed by atoms with Crippen LogP contribution in [-0.2, 0) is 0 Å². The molecule has 0 saturated carbocycles. The van der Waals surface area contributed by atoms with Gasteiger partial charge in [-0.1, -0.05) is 6.07 Å². The SMILES string of the molecule is Cc1cc(-c2nc(N(C)C)no2)c2cnccc2c1. The molecular formula is C14H14N4O. The molecule has 0 radical (unpaired) electrons. The second-order valence-corrected chi connectivity index (χ2v) is 4.70. The van der Waals surface area contributed by atoms with Gasteiger partial charge in [0.15, 0.2) is 0 Å². The van der Waals surface area contributed by atoms with Gasteiger partial charge in [-0.05, 0) is 35.2 Å². The third-order valence-electron chi connectivity index (χ3n) is 2.95. The Hall–Kier alpha value is -2.43. The van der Waals surface area contributed by atoms with Gasteiger partial charge in [0.05, 0.1) is 0 Å². The average molecular weight is 254 g/mol. The minimum Gasteiger partial charge on any atom is -0.344 e. The topological polar surface area (TPSA) is 55.1 Å². The first kappa shape index (κ1) is 11.6. The smallest absolute Gasteiger partial charge is 0.265 e. The van der Waals surface area contributed by atoms with Crippen molar-refractivity contribution in [2.24, 2.45) is 0 Å². The normalized spacial score (nSPS) is 10.9. The first-order chi connectivity index (χ1) is 9.15. The fourth-order valence-corrected chi connectivity index (χ4v) is 2.03. The van der Waals surface area contributed by atoms with Crippen molar-refractivity contribution in [3.63, 3.8) is 0 Å². The van der Waals surface area contributed by atoms with Gasteiger partial charge in [0.25, 0.3) is 11.8 Å². The van der Waals surface area contributed by atoms with Crippen molar-refractivity contribution in [1.82, 2.24) is 15.1 Å². The highest BCUT2D eigenvalue weighted by atomic mass is 16.5. The largest absolute Gasteiger partial charge is 0.344 e. The third-order valence-corrected chi connectivity index (χ3v) is 2.95. The number of aryl methyl sites for hydroxylation is 1. The van der Waals surface area contributed by atoms with E-state index in [0.29, 0.717) is 11.8 Å². The summed E-state index contributed by atoms with van der Waals surface area (Å²) in [6.45, 7) is 2.05. The van der Waals surface area contributed by atoms with Crippen LogP contribution in [0.25, 0.3) is 22.2 Å². The molecule has 0 aliphatic rings. The van der Waals surface area contributed by atoms with Crippen LogP contribution in [0.1, 0.15) is 5.56 Å². The van der Waals surface area contributed by atoms with Crippen LogP contribution in [0.5, 0.6) is 0 Å². The molecule has 5 nitrogen and oxygen atoms in total. The zero-order chi connectivity index (χ0) is 13.4. The number of rotatable bonds is 2. The molecule has 0 atom stereocenters. The van der Waals surface area contributed by atoms with Crippen molar-refractivity contribution in [2.75, 3.05) is 19.0 Å². The molecule has 5 heteroatoms. The van der Waals surface area contributed by atoms with Gasteiger partial charge in [0, 0.05) is 37.4 Å². The fourth-order valence-electron chi connectivity index (χ4n) is 2.03. The van der Waals surface area contributed by atoms with E-state index in [0.717, 1.165) is 21.9 Å². The second-order valence-electron chi connectivity index (χ2n) is 4.70. The lowest BCUT2D eigenvalue weighted by molar-refractivity contribution is 0.431. The Labute approximate surface area is 110 Å². The molecule has 0 aliphatic heterocycles. The van der Waals surface area contributed by atoms with Gasteiger partial charge in [-0.25, -0.2) is 0 Å². The summed E-state index contributed by atoms with van der Waals surface area (Å²) in [7, 11) is 3.76. The van der Waals surface area contributed by atoms with Gasteiger partial charge >= 0.3 is 0 Å². The number of nitrogens with zero attached hydrogens (tertiary/aromatic N) is 4. The summed E-state index contributed by atoms with van der Waals surface area (Å²) < 4.78 is 5.34. The molecule has 2 aromatic heterocycles. The van der Waals surface area contributed by atoms with Crippen molar-refractivity contribution >= 4 is 16.7 Å². The van der Waals surface area contributed by atoms with Crippen LogP contribution >= 0.6 is 0 Å². The van der Waals surface area contributed by atoms with Crippen LogP contribution in [0, 0.1) is 6.92 Å². The van der Waals surface area contributed by atoms with E-state index in [4.69, 9.17) is 4.52 Å². The molecule has 0 amide bonds. The maximum absolute atomic E-state index is 5.34. The number of pyridine rings is 1. The Bertz CT molecular complexity index is 733. The molecule has 3 rings (SSSR count). The molecule has 0 bridgehead atoms. The van der Waals surface area contributed by atoms with Gasteiger partial charge in [-0.2, -0.15) is 4.98 Å². The van der Waals surface area contributed by atoms with E-state index in [1.807, 2.05) is 44.2 Å². The zero-order valence-electron chi connectivity index (χ0n) is 11.1. The highest BCUT2D eigenvalue weighted by molar-refractivity contribution is 5.94. The lowest BCUT2D eigenvalue weighted by Crippen LogP contribution is -2.10. The Morgan fingerprint density at radius 3 is 2.79 bits per heavy atom. The summed E-state index contributed by atoms with van der Waals surface area (Å²) in [5, 5.41) is 6.08. The lowest BCUT2D eigenvalue weighted by atomic mass is 10.0. The summed E-state index contributed by atoms with van der Waals surface area (Å²) >= 11 is 0. The molecule has 96 valence electrons. The van der Waals surface area contributed by atoms with Gasteiger partial charge in [-0.3, -0.25) is 4.98 Å². The van der Waals surface area contributed by atoms with Crippen molar-refractivity contribution in [3.8, 4) is 11.5 Å². The number of hydrogen-bond donors (Lipinski definition) is 0. The molecule has 1 aromatic carbocycles. The van der Waals surface area contributed by atoms with E-state index in [9.17, 15) is 0 Å². The quantitative estimate of drug-likeness (QED) is 0.703. The van der Waals surface area contributed by atoms with E-state index >= 15 is 0 Å². The predicted octanol–water partition coefficient (Wildman–Crippen LogP) is 2.66. The van der Waals surface area contributed by atoms with Gasteiger partial charge in [0.1, 0.15) is 0 Å². The molecule has 2 heterocycles. The van der Waals surface area contributed by atoms with Gasteiger partial charge in [0.2, 0.25) is 0 Å². The molecule has 19 heavy (non-hydrogen) atoms. The Morgan fingerprint density at radius 1 is 1.21 bits per heavy atom. The number of hydrogen-bond acceptors (Lipinski definition) is 5. The van der Waals surface area contributed by atoms with Crippen molar-refractivity contribution in [2.45, 2.75) is 6.92 Å². The van der Waals surface area contributed by atoms with Crippen molar-refractivity contribution < 1.29 is 4.52 Å². The van der Waals surface area contributed by atoms with Crippen LogP contribution < -0.4 is 4.90 Å². The lowest BCUT2D eigenvalue weighted by Gasteiger charge is -2.04. The number of aromatic nitrogens is 3. The summed E-state index contributed by atoms with van der Waals surface area (Å²) in [6.07, 6.45) is 3.61. The van der Waals surface area contributed by atoms with E-state index in [1.165, 1.54) is 0 Å². The average Bonchev–Trinajstić information content (AvgIpc) is 2.87. The van der Waals surface area contributed by atoms with Crippen LogP contribution in [0.15, 0.2) is 35.1 Å². The summed E-state index contributed by atoms with van der Waals surface area (Å²) in [5.74, 6) is 1.08. The third kappa shape index (κ3) is 2.03. The highest BCUT2D eigenvalue weighted by Gasteiger charge is 2.13. The standard InChI is InChI=1S/C14H14N4O/c1-9-6-10-4-5-15-8-12(10)11(7-9)13-16-14(17-19-13)18(2)3/h4-8H,1-3H3. The van der Waals surface area contributed by atoms with Crippen LogP contribution in [0.3, 0.4) is 0 Å². The fraction of sp³-hybridized carbons (Fsp3) is 0.214. The van der Waals surface area contributed by atoms with Crippen LogP contribution in [-0.4, -0.2) is 29.2 Å². The van der Waals surface area contributed by atoms with E-state index in [2.05, 4.69) is 21.2 Å². The molecule has 0 aliphatic carbocycles. The predicted molar refractivity (Wildman–Crippen MR) is 74.1 cm³/mol. The Morgan fingerprint density at radius 2 is 2.05 bits per heavy atom. The molecule has 0 N–H and O–H groups in total. The molecule has 0 fully saturated rings. The highest BCUT2D eigenvalue weighted by Crippen LogP contribution is 2.29. The van der Waals surface area contributed by atoms with E-state index in [1.54, 1.807) is 6.20 Å². The Kier molecular flexibility index (Phi) is 2.67. The maximum atomic E-state index is 5.34. The number of anilines is 1. The summed E-state index contributed by atoms with van der Waals surface area (Å²) in [6, 6.07) is 6.13. The van der Waals surface area contributed by atoms with Crippen LogP contribution in [0.4, 0.5) is 5.95 Å². The summed E-state index contributed by atoms with van der Waals surface area (Å²) in [5.41, 5.74) is 2.07. The van der Waals surface area contributed by atoms with Gasteiger partial charge < -0.3 is 9.42 Å². The molecule has 0 spiro atoms. The minimum atomic E-state index is 0.519. The number of fused-ring (bicyclic) bond motifs is 1. The zero-order valence-corrected chi connectivity index (χ0v) is 11.1. The molecule has 0 saturated heterocycles. The Balaban J connectivity index is 2.23. The number of benzene rings is 1. The van der Waals surface area contributed by atoms with E-state index in [-0.39, 0.29) is 0 Å². The van der Waals surface area contributed by atoms with Crippen molar-refractivity contribution in [1.29, 1.82) is 0 Å². The molecule has 0 unspecified atom stereocenters. The first-order valence-electron chi connectivity index (χ1n) is 6.01. The maximum Gasteiger partial charge on any atom is 0.265 e. The monoisotopic (exact) mass is 254 g/mol. The minimum absolute atomic E-state index is 0.519. The van der Waals surface area contributed by atoms with Gasteiger partial charge in [-0.15, -0.1) is 0 Å². The van der Waals surface area contributed by atoms with Crippen molar-refractivity contribution in [3.05, 3.63) is 36.2 Å².